The summed E-state index contributed by atoms with van der Waals surface area (Å²) in [6, 6.07) is 5.04. The molecule has 1 N–H and O–H groups in total. The first-order valence-corrected chi connectivity index (χ1v) is 12.7. The first-order chi connectivity index (χ1) is 14.4. The number of benzene rings is 1. The van der Waals surface area contributed by atoms with Crippen LogP contribution < -0.4 is 9.62 Å². The molecule has 0 unspecified atom stereocenters. The van der Waals surface area contributed by atoms with Crippen molar-refractivity contribution in [3.63, 3.8) is 0 Å². The Bertz CT molecular complexity index is 903. The van der Waals surface area contributed by atoms with Crippen molar-refractivity contribution in [1.82, 2.24) is 9.62 Å². The third-order valence-corrected chi connectivity index (χ3v) is 8.01. The molecule has 30 heavy (non-hydrogen) atoms. The number of likely N-dealkylation sites (tertiary alicyclic amines) is 1. The number of hydrogen-bond acceptors (Lipinski definition) is 4. The van der Waals surface area contributed by atoms with Gasteiger partial charge in [-0.3, -0.25) is 9.59 Å². The number of nitrogens with zero attached hydrogens (tertiary/aromatic N) is 2. The molecule has 1 aromatic rings. The lowest BCUT2D eigenvalue weighted by atomic mass is 10.1. The van der Waals surface area contributed by atoms with E-state index >= 15 is 0 Å². The minimum atomic E-state index is -3.54. The average Bonchev–Trinajstić information content (AvgIpc) is 3.41. The smallest absolute Gasteiger partial charge is 0.240 e. The van der Waals surface area contributed by atoms with Gasteiger partial charge >= 0.3 is 0 Å². The quantitative estimate of drug-likeness (QED) is 0.747. The number of amides is 2. The molecule has 0 radical (unpaired) electrons. The van der Waals surface area contributed by atoms with Crippen molar-refractivity contribution in [3.05, 3.63) is 23.8 Å². The van der Waals surface area contributed by atoms with Gasteiger partial charge in [-0.2, -0.15) is 0 Å². The van der Waals surface area contributed by atoms with E-state index < -0.39 is 10.0 Å². The van der Waals surface area contributed by atoms with E-state index in [-0.39, 0.29) is 35.6 Å². The molecule has 0 atom stereocenters. The lowest BCUT2D eigenvalue weighted by Crippen LogP contribution is -2.37. The zero-order chi connectivity index (χ0) is 21.1. The van der Waals surface area contributed by atoms with Crippen LogP contribution in [0.2, 0.25) is 0 Å². The third kappa shape index (κ3) is 4.70. The average molecular weight is 434 g/mol. The normalized spacial score (nSPS) is 19.9. The molecule has 2 heterocycles. The highest BCUT2D eigenvalue weighted by atomic mass is 32.2. The fourth-order valence-corrected chi connectivity index (χ4v) is 6.14. The number of carbonyl (C=O) groups excluding carboxylic acids is 2. The molecular formula is C22H31N3O4S. The summed E-state index contributed by atoms with van der Waals surface area (Å²) in [5.74, 6) is -0.0132. The molecule has 3 aliphatic rings. The van der Waals surface area contributed by atoms with Crippen LogP contribution in [0.25, 0.3) is 0 Å². The standard InChI is InChI=1S/C22H31N3O4S/c26-21(24-13-4-1-5-14-24)10-11-22(27)25-15-12-17-16-19(8-9-20(17)25)30(28,29)23-18-6-2-3-7-18/h8-9,16,18,23H,1-7,10-15H2. The Morgan fingerprint density at radius 3 is 2.37 bits per heavy atom. The molecule has 2 fully saturated rings. The van der Waals surface area contributed by atoms with E-state index in [0.717, 1.165) is 62.9 Å². The second kappa shape index (κ2) is 9.06. The van der Waals surface area contributed by atoms with Crippen molar-refractivity contribution < 1.29 is 18.0 Å². The number of piperidine rings is 1. The highest BCUT2D eigenvalue weighted by Gasteiger charge is 2.29. The third-order valence-electron chi connectivity index (χ3n) is 6.50. The van der Waals surface area contributed by atoms with Crippen molar-refractivity contribution >= 4 is 27.5 Å². The molecule has 0 aromatic heterocycles. The summed E-state index contributed by atoms with van der Waals surface area (Å²) in [5, 5.41) is 0. The highest BCUT2D eigenvalue weighted by Crippen LogP contribution is 2.31. The molecule has 2 aliphatic heterocycles. The minimum Gasteiger partial charge on any atom is -0.343 e. The summed E-state index contributed by atoms with van der Waals surface area (Å²) in [5.41, 5.74) is 1.64. The zero-order valence-electron chi connectivity index (χ0n) is 17.4. The molecule has 1 saturated heterocycles. The van der Waals surface area contributed by atoms with Crippen LogP contribution in [-0.2, 0) is 26.0 Å². The van der Waals surface area contributed by atoms with Crippen molar-refractivity contribution in [3.8, 4) is 0 Å². The minimum absolute atomic E-state index is 0.0266. The van der Waals surface area contributed by atoms with Gasteiger partial charge in [-0.1, -0.05) is 12.8 Å². The lowest BCUT2D eigenvalue weighted by molar-refractivity contribution is -0.133. The fraction of sp³-hybridized carbons (Fsp3) is 0.636. The van der Waals surface area contributed by atoms with Crippen molar-refractivity contribution in [2.45, 2.75) is 75.1 Å². The van der Waals surface area contributed by atoms with E-state index in [0.29, 0.717) is 13.0 Å². The van der Waals surface area contributed by atoms with Gasteiger partial charge in [0.25, 0.3) is 0 Å². The van der Waals surface area contributed by atoms with E-state index in [9.17, 15) is 18.0 Å². The van der Waals surface area contributed by atoms with Crippen LogP contribution in [0.5, 0.6) is 0 Å². The van der Waals surface area contributed by atoms with Crippen LogP contribution in [0.1, 0.15) is 63.4 Å². The van der Waals surface area contributed by atoms with Crippen molar-refractivity contribution in [1.29, 1.82) is 0 Å². The van der Waals surface area contributed by atoms with Gasteiger partial charge in [0, 0.05) is 44.2 Å². The molecule has 7 nitrogen and oxygen atoms in total. The maximum Gasteiger partial charge on any atom is 0.240 e. The Morgan fingerprint density at radius 2 is 1.63 bits per heavy atom. The molecule has 1 aliphatic carbocycles. The molecule has 1 aromatic carbocycles. The second-order valence-electron chi connectivity index (χ2n) is 8.63. The highest BCUT2D eigenvalue weighted by molar-refractivity contribution is 7.89. The van der Waals surface area contributed by atoms with Crippen LogP contribution in [0, 0.1) is 0 Å². The van der Waals surface area contributed by atoms with Gasteiger partial charge in [0.05, 0.1) is 4.90 Å². The Labute approximate surface area is 178 Å². The van der Waals surface area contributed by atoms with E-state index in [1.54, 1.807) is 23.1 Å². The van der Waals surface area contributed by atoms with Gasteiger partial charge in [0.15, 0.2) is 0 Å². The van der Waals surface area contributed by atoms with Gasteiger partial charge in [-0.15, -0.1) is 0 Å². The Kier molecular flexibility index (Phi) is 6.43. The van der Waals surface area contributed by atoms with Crippen molar-refractivity contribution in [2.75, 3.05) is 24.5 Å². The number of anilines is 1. The van der Waals surface area contributed by atoms with E-state index in [4.69, 9.17) is 0 Å². The number of hydrogen-bond donors (Lipinski definition) is 1. The van der Waals surface area contributed by atoms with Crippen LogP contribution in [0.4, 0.5) is 5.69 Å². The lowest BCUT2D eigenvalue weighted by Gasteiger charge is -2.27. The summed E-state index contributed by atoms with van der Waals surface area (Å²) >= 11 is 0. The molecule has 8 heteroatoms. The van der Waals surface area contributed by atoms with Crippen molar-refractivity contribution in [2.24, 2.45) is 0 Å². The first kappa shape index (κ1) is 21.3. The molecule has 164 valence electrons. The number of rotatable bonds is 6. The number of nitrogens with one attached hydrogen (secondary N) is 1. The summed E-state index contributed by atoms with van der Waals surface area (Å²) < 4.78 is 28.2. The molecule has 4 rings (SSSR count). The van der Waals surface area contributed by atoms with Crippen LogP contribution in [0.3, 0.4) is 0 Å². The van der Waals surface area contributed by atoms with Crippen LogP contribution in [-0.4, -0.2) is 50.8 Å². The SMILES string of the molecule is O=C(CCC(=O)N1CCc2cc(S(=O)(=O)NC3CCCC3)ccc21)N1CCCCC1. The topological polar surface area (TPSA) is 86.8 Å². The van der Waals surface area contributed by atoms with Gasteiger partial charge in [-0.05, 0) is 62.3 Å². The zero-order valence-corrected chi connectivity index (χ0v) is 18.3. The summed E-state index contributed by atoms with van der Waals surface area (Å²) in [7, 11) is -3.54. The number of sulfonamides is 1. The van der Waals surface area contributed by atoms with Gasteiger partial charge in [-0.25, -0.2) is 13.1 Å². The maximum absolute atomic E-state index is 12.7. The first-order valence-electron chi connectivity index (χ1n) is 11.2. The Balaban J connectivity index is 1.38. The Morgan fingerprint density at radius 1 is 0.933 bits per heavy atom. The predicted molar refractivity (Wildman–Crippen MR) is 115 cm³/mol. The monoisotopic (exact) mass is 433 g/mol. The number of fused-ring (bicyclic) bond motifs is 1. The van der Waals surface area contributed by atoms with E-state index in [2.05, 4.69) is 4.72 Å². The second-order valence-corrected chi connectivity index (χ2v) is 10.3. The van der Waals surface area contributed by atoms with E-state index in [1.165, 1.54) is 6.42 Å². The predicted octanol–water partition coefficient (Wildman–Crippen LogP) is 2.59. The molecule has 0 spiro atoms. The molecule has 2 amide bonds. The van der Waals surface area contributed by atoms with Crippen LogP contribution >= 0.6 is 0 Å². The van der Waals surface area contributed by atoms with E-state index in [1.807, 2.05) is 4.90 Å². The maximum atomic E-state index is 12.7. The summed E-state index contributed by atoms with van der Waals surface area (Å²) in [6.45, 7) is 2.13. The van der Waals surface area contributed by atoms with Gasteiger partial charge in [0.2, 0.25) is 21.8 Å². The largest absolute Gasteiger partial charge is 0.343 e. The summed E-state index contributed by atoms with van der Waals surface area (Å²) in [6.07, 6.45) is 8.23. The number of carbonyl (C=O) groups is 2. The van der Waals surface area contributed by atoms with Crippen LogP contribution in [0.15, 0.2) is 23.1 Å². The van der Waals surface area contributed by atoms with Gasteiger partial charge < -0.3 is 9.80 Å². The molecule has 1 saturated carbocycles. The Hall–Kier alpha value is -1.93. The molecular weight excluding hydrogens is 402 g/mol. The van der Waals surface area contributed by atoms with Gasteiger partial charge in [0.1, 0.15) is 0 Å². The summed E-state index contributed by atoms with van der Waals surface area (Å²) in [4.78, 5) is 28.9. The molecule has 0 bridgehead atoms. The fourth-order valence-electron chi connectivity index (χ4n) is 4.79.